The smallest absolute Gasteiger partial charge is 0.279 e. The van der Waals surface area contributed by atoms with Gasteiger partial charge in [0.15, 0.2) is 11.5 Å². The van der Waals surface area contributed by atoms with Crippen molar-refractivity contribution in [2.75, 3.05) is 7.11 Å². The summed E-state index contributed by atoms with van der Waals surface area (Å²) in [6, 6.07) is 7.52. The molecule has 1 aromatic heterocycles. The molecule has 2 rings (SSSR count). The van der Waals surface area contributed by atoms with Crippen LogP contribution in [0.5, 0.6) is 16.7 Å². The molecule has 3 nitrogen and oxygen atoms in total. The summed E-state index contributed by atoms with van der Waals surface area (Å²) in [7, 11) is 1.62. The largest absolute Gasteiger partial charge is 0.493 e. The molecular weight excluding hydrogens is 210 g/mol. The van der Waals surface area contributed by atoms with E-state index in [1.165, 1.54) is 11.3 Å². The number of aryl methyl sites for hydroxylation is 1. The highest BCUT2D eigenvalue weighted by Crippen LogP contribution is 2.32. The number of benzene rings is 1. The van der Waals surface area contributed by atoms with Crippen molar-refractivity contribution in [3.63, 3.8) is 0 Å². The van der Waals surface area contributed by atoms with Crippen molar-refractivity contribution in [2.24, 2.45) is 0 Å². The number of thiazole rings is 1. The normalized spacial score (nSPS) is 10.0. The Morgan fingerprint density at radius 1 is 1.20 bits per heavy atom. The van der Waals surface area contributed by atoms with Gasteiger partial charge in [-0.1, -0.05) is 23.5 Å². The molecule has 1 heterocycles. The van der Waals surface area contributed by atoms with Gasteiger partial charge in [0.1, 0.15) is 0 Å². The molecule has 2 aromatic rings. The molecule has 15 heavy (non-hydrogen) atoms. The van der Waals surface area contributed by atoms with Crippen molar-refractivity contribution < 1.29 is 9.47 Å². The lowest BCUT2D eigenvalue weighted by atomic mass is 10.3. The van der Waals surface area contributed by atoms with E-state index in [0.29, 0.717) is 16.7 Å². The Bertz CT molecular complexity index is 453. The maximum absolute atomic E-state index is 5.60. The van der Waals surface area contributed by atoms with Gasteiger partial charge >= 0.3 is 0 Å². The number of methoxy groups -OCH3 is 1. The topological polar surface area (TPSA) is 31.4 Å². The summed E-state index contributed by atoms with van der Waals surface area (Å²) in [6.07, 6.45) is 0. The fraction of sp³-hybridized carbons (Fsp3) is 0.182. The van der Waals surface area contributed by atoms with E-state index in [-0.39, 0.29) is 0 Å². The first-order valence-electron chi connectivity index (χ1n) is 4.52. The van der Waals surface area contributed by atoms with Crippen LogP contribution in [0.2, 0.25) is 0 Å². The first kappa shape index (κ1) is 9.98. The third-order valence-corrected chi connectivity index (χ3v) is 2.70. The highest BCUT2D eigenvalue weighted by Gasteiger charge is 2.06. The van der Waals surface area contributed by atoms with E-state index in [9.17, 15) is 0 Å². The van der Waals surface area contributed by atoms with Gasteiger partial charge in [0, 0.05) is 5.38 Å². The third kappa shape index (κ3) is 2.27. The zero-order valence-electron chi connectivity index (χ0n) is 8.56. The molecule has 0 aliphatic carbocycles. The van der Waals surface area contributed by atoms with Crippen LogP contribution in [0.1, 0.15) is 5.69 Å². The minimum atomic E-state index is 0.636. The van der Waals surface area contributed by atoms with E-state index in [1.807, 2.05) is 36.6 Å². The summed E-state index contributed by atoms with van der Waals surface area (Å²) in [4.78, 5) is 4.22. The molecule has 0 bridgehead atoms. The van der Waals surface area contributed by atoms with Crippen molar-refractivity contribution in [3.8, 4) is 16.7 Å². The third-order valence-electron chi connectivity index (χ3n) is 1.86. The van der Waals surface area contributed by atoms with E-state index < -0.39 is 0 Å². The van der Waals surface area contributed by atoms with E-state index in [2.05, 4.69) is 4.98 Å². The summed E-state index contributed by atoms with van der Waals surface area (Å²) >= 11 is 1.47. The molecule has 4 heteroatoms. The van der Waals surface area contributed by atoms with Gasteiger partial charge in [-0.2, -0.15) is 0 Å². The molecule has 0 amide bonds. The van der Waals surface area contributed by atoms with Crippen LogP contribution in [0.4, 0.5) is 0 Å². The number of rotatable bonds is 3. The molecular formula is C11H11NO2S. The van der Waals surface area contributed by atoms with E-state index in [0.717, 1.165) is 5.69 Å². The second-order valence-corrected chi connectivity index (χ2v) is 3.83. The molecule has 0 aliphatic rings. The van der Waals surface area contributed by atoms with Crippen LogP contribution < -0.4 is 9.47 Å². The van der Waals surface area contributed by atoms with Gasteiger partial charge in [-0.15, -0.1) is 0 Å². The highest BCUT2D eigenvalue weighted by atomic mass is 32.1. The summed E-state index contributed by atoms with van der Waals surface area (Å²) in [5.74, 6) is 1.40. The quantitative estimate of drug-likeness (QED) is 0.797. The number of aromatic nitrogens is 1. The lowest BCUT2D eigenvalue weighted by Gasteiger charge is -2.06. The van der Waals surface area contributed by atoms with Gasteiger partial charge in [-0.05, 0) is 19.1 Å². The molecule has 0 saturated heterocycles. The lowest BCUT2D eigenvalue weighted by molar-refractivity contribution is 0.378. The monoisotopic (exact) mass is 221 g/mol. The summed E-state index contributed by atoms with van der Waals surface area (Å²) in [5.41, 5.74) is 0.963. The van der Waals surface area contributed by atoms with Crippen LogP contribution in [0.25, 0.3) is 0 Å². The molecule has 0 saturated carbocycles. The minimum absolute atomic E-state index is 0.636. The summed E-state index contributed by atoms with van der Waals surface area (Å²) in [6.45, 7) is 1.94. The first-order valence-corrected chi connectivity index (χ1v) is 5.40. The van der Waals surface area contributed by atoms with Crippen LogP contribution in [0, 0.1) is 6.92 Å². The molecule has 0 spiro atoms. The fourth-order valence-corrected chi connectivity index (χ4v) is 1.84. The Labute approximate surface area is 92.3 Å². The molecule has 78 valence electrons. The Morgan fingerprint density at radius 3 is 2.53 bits per heavy atom. The number of hydrogen-bond acceptors (Lipinski definition) is 4. The zero-order valence-corrected chi connectivity index (χ0v) is 9.38. The van der Waals surface area contributed by atoms with E-state index in [1.54, 1.807) is 7.11 Å². The molecule has 0 radical (unpaired) electrons. The zero-order chi connectivity index (χ0) is 10.7. The molecule has 0 N–H and O–H groups in total. The SMILES string of the molecule is COc1ccccc1Oc1nc(C)cs1. The standard InChI is InChI=1S/C11H11NO2S/c1-8-7-15-11(12-8)14-10-6-4-3-5-9(10)13-2/h3-7H,1-2H3. The van der Waals surface area contributed by atoms with Crippen LogP contribution >= 0.6 is 11.3 Å². The Balaban J connectivity index is 2.23. The van der Waals surface area contributed by atoms with Crippen LogP contribution in [-0.2, 0) is 0 Å². The number of para-hydroxylation sites is 2. The van der Waals surface area contributed by atoms with Gasteiger partial charge in [-0.3, -0.25) is 0 Å². The van der Waals surface area contributed by atoms with Crippen LogP contribution in [0.3, 0.4) is 0 Å². The Kier molecular flexibility index (Phi) is 2.87. The average molecular weight is 221 g/mol. The number of hydrogen-bond donors (Lipinski definition) is 0. The Hall–Kier alpha value is -1.55. The predicted molar refractivity (Wildman–Crippen MR) is 59.9 cm³/mol. The van der Waals surface area contributed by atoms with Crippen molar-refractivity contribution in [3.05, 3.63) is 35.3 Å². The Morgan fingerprint density at radius 2 is 1.93 bits per heavy atom. The molecule has 1 aromatic carbocycles. The second-order valence-electron chi connectivity index (χ2n) is 3.01. The predicted octanol–water partition coefficient (Wildman–Crippen LogP) is 3.25. The van der Waals surface area contributed by atoms with Crippen molar-refractivity contribution in [1.29, 1.82) is 0 Å². The first-order chi connectivity index (χ1) is 7.29. The van der Waals surface area contributed by atoms with Gasteiger partial charge in [-0.25, -0.2) is 4.98 Å². The molecule has 0 unspecified atom stereocenters. The number of ether oxygens (including phenoxy) is 2. The van der Waals surface area contributed by atoms with Gasteiger partial charge < -0.3 is 9.47 Å². The number of nitrogens with zero attached hydrogens (tertiary/aromatic N) is 1. The summed E-state index contributed by atoms with van der Waals surface area (Å²) < 4.78 is 10.8. The molecule has 0 atom stereocenters. The summed E-state index contributed by atoms with van der Waals surface area (Å²) in [5, 5.41) is 2.59. The second kappa shape index (κ2) is 4.31. The minimum Gasteiger partial charge on any atom is -0.493 e. The molecule has 0 fully saturated rings. The van der Waals surface area contributed by atoms with Crippen molar-refractivity contribution >= 4 is 11.3 Å². The molecule has 0 aliphatic heterocycles. The van der Waals surface area contributed by atoms with Gasteiger partial charge in [0.25, 0.3) is 5.19 Å². The van der Waals surface area contributed by atoms with Crippen LogP contribution in [0.15, 0.2) is 29.6 Å². The fourth-order valence-electron chi connectivity index (χ4n) is 1.18. The van der Waals surface area contributed by atoms with E-state index >= 15 is 0 Å². The highest BCUT2D eigenvalue weighted by molar-refractivity contribution is 7.11. The maximum Gasteiger partial charge on any atom is 0.279 e. The van der Waals surface area contributed by atoms with Crippen molar-refractivity contribution in [2.45, 2.75) is 6.92 Å². The van der Waals surface area contributed by atoms with Crippen molar-refractivity contribution in [1.82, 2.24) is 4.98 Å². The van der Waals surface area contributed by atoms with Gasteiger partial charge in [0.05, 0.1) is 12.8 Å². The average Bonchev–Trinajstić information content (AvgIpc) is 2.65. The van der Waals surface area contributed by atoms with E-state index in [4.69, 9.17) is 9.47 Å². The lowest BCUT2D eigenvalue weighted by Crippen LogP contribution is -1.89. The maximum atomic E-state index is 5.60. The van der Waals surface area contributed by atoms with Crippen LogP contribution in [-0.4, -0.2) is 12.1 Å². The van der Waals surface area contributed by atoms with Gasteiger partial charge in [0.2, 0.25) is 0 Å².